The van der Waals surface area contributed by atoms with Crippen molar-refractivity contribution in [2.24, 2.45) is 0 Å². The van der Waals surface area contributed by atoms with Crippen LogP contribution in [0.2, 0.25) is 0 Å². The van der Waals surface area contributed by atoms with E-state index in [1.165, 1.54) is 24.3 Å². The minimum Gasteiger partial charge on any atom is -0.493 e. The van der Waals surface area contributed by atoms with Gasteiger partial charge in [0.25, 0.3) is 11.8 Å². The van der Waals surface area contributed by atoms with Gasteiger partial charge in [0.1, 0.15) is 17.2 Å². The first-order valence-corrected chi connectivity index (χ1v) is 10.4. The summed E-state index contributed by atoms with van der Waals surface area (Å²) in [5, 5.41) is 24.4. The van der Waals surface area contributed by atoms with Crippen molar-refractivity contribution in [3.8, 4) is 5.88 Å². The number of carbonyl (C=O) groups excluding carboxylic acids is 2. The number of halogens is 1. The summed E-state index contributed by atoms with van der Waals surface area (Å²) in [7, 11) is 0. The lowest BCUT2D eigenvalue weighted by Gasteiger charge is -2.11. The average molecular weight is 477 g/mol. The van der Waals surface area contributed by atoms with Crippen molar-refractivity contribution in [1.29, 1.82) is 0 Å². The highest BCUT2D eigenvalue weighted by Crippen LogP contribution is 2.17. The Morgan fingerprint density at radius 3 is 2.31 bits per heavy atom. The molecule has 4 rings (SSSR count). The number of benzene rings is 2. The lowest BCUT2D eigenvalue weighted by Crippen LogP contribution is -2.28. The molecule has 0 saturated carbocycles. The van der Waals surface area contributed by atoms with Gasteiger partial charge in [0.15, 0.2) is 0 Å². The second-order valence-corrected chi connectivity index (χ2v) is 7.73. The van der Waals surface area contributed by atoms with Gasteiger partial charge in [0.2, 0.25) is 11.7 Å². The average Bonchev–Trinajstić information content (AvgIpc) is 3.23. The second-order valence-electron chi connectivity index (χ2n) is 7.73. The van der Waals surface area contributed by atoms with Crippen LogP contribution in [0.25, 0.3) is 5.78 Å². The van der Waals surface area contributed by atoms with Gasteiger partial charge in [-0.15, -0.1) is 0 Å². The zero-order chi connectivity index (χ0) is 25.1. The van der Waals surface area contributed by atoms with E-state index in [-0.39, 0.29) is 47.5 Å². The third-order valence-electron chi connectivity index (χ3n) is 5.25. The molecule has 4 aromatic rings. The molecule has 11 heteroatoms. The first-order chi connectivity index (χ1) is 16.7. The van der Waals surface area contributed by atoms with Crippen LogP contribution < -0.4 is 10.6 Å². The lowest BCUT2D eigenvalue weighted by molar-refractivity contribution is 0.0696. The number of nitrogens with zero attached hydrogens (tertiary/aromatic N) is 3. The maximum Gasteiger partial charge on any atom is 0.335 e. The third-order valence-corrected chi connectivity index (χ3v) is 5.25. The number of aromatic carboxylic acids is 1. The summed E-state index contributed by atoms with van der Waals surface area (Å²) in [6, 6.07) is 11.7. The second kappa shape index (κ2) is 9.59. The van der Waals surface area contributed by atoms with Crippen molar-refractivity contribution < 1.29 is 29.0 Å². The molecule has 4 N–H and O–H groups in total. The van der Waals surface area contributed by atoms with E-state index < -0.39 is 17.8 Å². The molecule has 0 atom stereocenters. The minimum atomic E-state index is -1.05. The molecule has 10 nitrogen and oxygen atoms in total. The Morgan fingerprint density at radius 2 is 1.63 bits per heavy atom. The van der Waals surface area contributed by atoms with Crippen LogP contribution in [0.4, 0.5) is 4.39 Å². The molecule has 35 heavy (non-hydrogen) atoms. The summed E-state index contributed by atoms with van der Waals surface area (Å²) in [5.41, 5.74) is 1.72. The van der Waals surface area contributed by atoms with Crippen LogP contribution in [0, 0.1) is 12.7 Å². The van der Waals surface area contributed by atoms with Gasteiger partial charge in [-0.1, -0.05) is 24.3 Å². The molecule has 0 bridgehead atoms. The number of amides is 2. The lowest BCUT2D eigenvalue weighted by atomic mass is 10.1. The quantitative estimate of drug-likeness (QED) is 0.320. The van der Waals surface area contributed by atoms with Crippen LogP contribution in [0.5, 0.6) is 5.88 Å². The molecule has 2 amide bonds. The van der Waals surface area contributed by atoms with E-state index in [1.54, 1.807) is 31.2 Å². The Labute approximate surface area is 198 Å². The molecular formula is C24H20FN5O5. The SMILES string of the molecule is Cc1cc(CNC(=O)c2cc(C(=O)NCc3ccc(C(=O)O)cc3)nc3ncc(O)n23)ccc1F. The molecule has 2 heterocycles. The van der Waals surface area contributed by atoms with Crippen LogP contribution in [0.3, 0.4) is 0 Å². The zero-order valence-electron chi connectivity index (χ0n) is 18.4. The fourth-order valence-corrected chi connectivity index (χ4v) is 3.39. The van der Waals surface area contributed by atoms with E-state index in [0.717, 1.165) is 10.6 Å². The van der Waals surface area contributed by atoms with Crippen LogP contribution in [0.1, 0.15) is 48.0 Å². The van der Waals surface area contributed by atoms with Gasteiger partial charge in [-0.3, -0.25) is 9.59 Å². The Morgan fingerprint density at radius 1 is 0.971 bits per heavy atom. The number of aromatic nitrogens is 3. The van der Waals surface area contributed by atoms with Crippen molar-refractivity contribution in [2.45, 2.75) is 20.0 Å². The molecule has 0 aliphatic carbocycles. The number of carboxylic acid groups (broad SMARTS) is 1. The van der Waals surface area contributed by atoms with Gasteiger partial charge in [0, 0.05) is 13.1 Å². The number of nitrogens with one attached hydrogen (secondary N) is 2. The highest BCUT2D eigenvalue weighted by atomic mass is 19.1. The molecule has 0 unspecified atom stereocenters. The Bertz CT molecular complexity index is 1450. The molecule has 2 aromatic heterocycles. The van der Waals surface area contributed by atoms with E-state index in [9.17, 15) is 23.9 Å². The van der Waals surface area contributed by atoms with Crippen molar-refractivity contribution in [2.75, 3.05) is 0 Å². The molecule has 2 aromatic carbocycles. The van der Waals surface area contributed by atoms with E-state index in [1.807, 2.05) is 0 Å². The Hall–Kier alpha value is -4.80. The number of carboxylic acids is 1. The standard InChI is InChI=1S/C24H20FN5O5/c1-13-8-15(4-7-17(13)25)11-27-22(33)19-9-18(29-24-28-12-20(31)30(19)24)21(32)26-10-14-2-5-16(6-3-14)23(34)35/h2-9,12,31H,10-11H2,1H3,(H,26,32)(H,27,33)(H,34,35). The number of fused-ring (bicyclic) bond motifs is 1. The van der Waals surface area contributed by atoms with Gasteiger partial charge in [-0.2, -0.15) is 0 Å². The minimum absolute atomic E-state index is 0.0521. The van der Waals surface area contributed by atoms with Crippen LogP contribution in [-0.2, 0) is 13.1 Å². The van der Waals surface area contributed by atoms with Crippen molar-refractivity contribution in [3.63, 3.8) is 0 Å². The summed E-state index contributed by atoms with van der Waals surface area (Å²) in [5.74, 6) is -3.00. The number of imidazole rings is 1. The number of hydrogen-bond donors (Lipinski definition) is 4. The monoisotopic (exact) mass is 477 g/mol. The van der Waals surface area contributed by atoms with Crippen molar-refractivity contribution in [3.05, 3.63) is 94.2 Å². The van der Waals surface area contributed by atoms with Gasteiger partial charge < -0.3 is 20.8 Å². The highest BCUT2D eigenvalue weighted by Gasteiger charge is 2.20. The van der Waals surface area contributed by atoms with E-state index in [4.69, 9.17) is 5.11 Å². The fraction of sp³-hybridized carbons (Fsp3) is 0.125. The van der Waals surface area contributed by atoms with Crippen LogP contribution >= 0.6 is 0 Å². The van der Waals surface area contributed by atoms with Crippen LogP contribution in [-0.4, -0.2) is 42.4 Å². The smallest absolute Gasteiger partial charge is 0.335 e. The first-order valence-electron chi connectivity index (χ1n) is 10.4. The normalized spacial score (nSPS) is 10.8. The number of hydrogen-bond acceptors (Lipinski definition) is 6. The van der Waals surface area contributed by atoms with Gasteiger partial charge in [-0.25, -0.2) is 23.6 Å². The Kier molecular flexibility index (Phi) is 6.40. The summed E-state index contributed by atoms with van der Waals surface area (Å²) in [4.78, 5) is 44.7. The zero-order valence-corrected chi connectivity index (χ0v) is 18.4. The maximum atomic E-state index is 13.5. The van der Waals surface area contributed by atoms with Crippen LogP contribution in [0.15, 0.2) is 54.7 Å². The summed E-state index contributed by atoms with van der Waals surface area (Å²) in [6.45, 7) is 1.80. The van der Waals surface area contributed by atoms with Gasteiger partial charge in [-0.05, 0) is 47.9 Å². The number of aromatic hydroxyl groups is 1. The summed E-state index contributed by atoms with van der Waals surface area (Å²) >= 11 is 0. The van der Waals surface area contributed by atoms with E-state index in [0.29, 0.717) is 16.7 Å². The molecule has 0 fully saturated rings. The predicted octanol–water partition coefficient (Wildman–Crippen LogP) is 2.44. The summed E-state index contributed by atoms with van der Waals surface area (Å²) < 4.78 is 14.6. The maximum absolute atomic E-state index is 13.5. The van der Waals surface area contributed by atoms with Gasteiger partial charge in [0.05, 0.1) is 11.8 Å². The van der Waals surface area contributed by atoms with E-state index >= 15 is 0 Å². The number of carbonyl (C=O) groups is 3. The fourth-order valence-electron chi connectivity index (χ4n) is 3.39. The predicted molar refractivity (Wildman–Crippen MR) is 122 cm³/mol. The molecule has 0 spiro atoms. The first kappa shape index (κ1) is 23.4. The highest BCUT2D eigenvalue weighted by molar-refractivity contribution is 5.98. The van der Waals surface area contributed by atoms with Crippen molar-refractivity contribution >= 4 is 23.6 Å². The topological polar surface area (TPSA) is 146 Å². The van der Waals surface area contributed by atoms with E-state index in [2.05, 4.69) is 20.6 Å². The molecule has 0 radical (unpaired) electrons. The Balaban J connectivity index is 1.53. The number of rotatable bonds is 7. The summed E-state index contributed by atoms with van der Waals surface area (Å²) in [6.07, 6.45) is 1.11. The molecule has 0 aliphatic heterocycles. The molecular weight excluding hydrogens is 457 g/mol. The molecule has 0 saturated heterocycles. The molecule has 178 valence electrons. The largest absolute Gasteiger partial charge is 0.493 e. The van der Waals surface area contributed by atoms with Gasteiger partial charge >= 0.3 is 5.97 Å². The van der Waals surface area contributed by atoms with Crippen molar-refractivity contribution in [1.82, 2.24) is 25.0 Å². The number of aryl methyl sites for hydroxylation is 1. The third kappa shape index (κ3) is 5.08. The molecule has 0 aliphatic rings.